The quantitative estimate of drug-likeness (QED) is 0.766. The Morgan fingerprint density at radius 2 is 2.16 bits per heavy atom. The molecule has 19 heavy (non-hydrogen) atoms. The number of rotatable bonds is 7. The average molecular weight is 261 g/mol. The Morgan fingerprint density at radius 1 is 1.42 bits per heavy atom. The Morgan fingerprint density at radius 3 is 2.79 bits per heavy atom. The van der Waals surface area contributed by atoms with Crippen LogP contribution in [0.15, 0.2) is 6.07 Å². The predicted octanol–water partition coefficient (Wildman–Crippen LogP) is 3.04. The fourth-order valence-corrected chi connectivity index (χ4v) is 1.83. The van der Waals surface area contributed by atoms with Crippen LogP contribution in [0.3, 0.4) is 0 Å². The van der Waals surface area contributed by atoms with Crippen molar-refractivity contribution in [1.29, 1.82) is 5.26 Å². The number of nitrogens with one attached hydrogen (secondary N) is 1. The summed E-state index contributed by atoms with van der Waals surface area (Å²) in [6.45, 7) is 10.4. The summed E-state index contributed by atoms with van der Waals surface area (Å²) < 4.78 is 5.52. The maximum Gasteiger partial charge on any atom is 0.103 e. The van der Waals surface area contributed by atoms with Crippen molar-refractivity contribution >= 4 is 5.69 Å². The lowest BCUT2D eigenvalue weighted by atomic mass is 10.1. The van der Waals surface area contributed by atoms with Crippen LogP contribution in [-0.2, 0) is 4.74 Å². The molecule has 0 saturated carbocycles. The Labute approximate surface area is 115 Å². The van der Waals surface area contributed by atoms with Gasteiger partial charge >= 0.3 is 0 Å². The van der Waals surface area contributed by atoms with Gasteiger partial charge in [-0.25, -0.2) is 0 Å². The van der Waals surface area contributed by atoms with E-state index in [1.807, 2.05) is 19.9 Å². The SMILES string of the molecule is Cc1cc(NCCCOCC(C)C)c(C#N)c(C)n1. The molecule has 0 unspecified atom stereocenters. The summed E-state index contributed by atoms with van der Waals surface area (Å²) in [5.74, 6) is 0.573. The third kappa shape index (κ3) is 5.27. The van der Waals surface area contributed by atoms with Gasteiger partial charge in [-0.3, -0.25) is 4.98 Å². The molecule has 0 fully saturated rings. The molecule has 0 aliphatic carbocycles. The summed E-state index contributed by atoms with van der Waals surface area (Å²) in [6.07, 6.45) is 0.929. The Bertz CT molecular complexity index is 449. The van der Waals surface area contributed by atoms with E-state index in [4.69, 9.17) is 10.00 Å². The zero-order valence-electron chi connectivity index (χ0n) is 12.3. The number of aryl methyl sites for hydroxylation is 2. The molecule has 0 atom stereocenters. The number of aromatic nitrogens is 1. The second-order valence-electron chi connectivity index (χ2n) is 5.13. The summed E-state index contributed by atoms with van der Waals surface area (Å²) in [5, 5.41) is 12.4. The van der Waals surface area contributed by atoms with E-state index in [1.54, 1.807) is 0 Å². The van der Waals surface area contributed by atoms with E-state index in [0.717, 1.165) is 43.3 Å². The molecule has 4 heteroatoms. The molecule has 0 saturated heterocycles. The van der Waals surface area contributed by atoms with Gasteiger partial charge in [-0.15, -0.1) is 0 Å². The molecule has 0 bridgehead atoms. The first kappa shape index (κ1) is 15.5. The van der Waals surface area contributed by atoms with Crippen LogP contribution in [0.1, 0.15) is 37.2 Å². The van der Waals surface area contributed by atoms with Gasteiger partial charge in [-0.2, -0.15) is 5.26 Å². The van der Waals surface area contributed by atoms with Gasteiger partial charge < -0.3 is 10.1 Å². The number of nitriles is 1. The maximum atomic E-state index is 9.14. The lowest BCUT2D eigenvalue weighted by molar-refractivity contribution is 0.110. The fourth-order valence-electron chi connectivity index (χ4n) is 1.83. The molecular formula is C15H23N3O. The van der Waals surface area contributed by atoms with Gasteiger partial charge in [0, 0.05) is 25.5 Å². The highest BCUT2D eigenvalue weighted by atomic mass is 16.5. The summed E-state index contributed by atoms with van der Waals surface area (Å²) in [4.78, 5) is 4.29. The molecule has 1 rings (SSSR count). The molecule has 0 aromatic carbocycles. The van der Waals surface area contributed by atoms with Crippen LogP contribution in [-0.4, -0.2) is 24.7 Å². The fraction of sp³-hybridized carbons (Fsp3) is 0.600. The van der Waals surface area contributed by atoms with Crippen LogP contribution in [0, 0.1) is 31.1 Å². The van der Waals surface area contributed by atoms with Gasteiger partial charge in [-0.1, -0.05) is 13.8 Å². The Hall–Kier alpha value is -1.60. The molecular weight excluding hydrogens is 238 g/mol. The minimum Gasteiger partial charge on any atom is -0.384 e. The third-order valence-corrected chi connectivity index (χ3v) is 2.67. The highest BCUT2D eigenvalue weighted by Gasteiger charge is 2.07. The minimum atomic E-state index is 0.573. The van der Waals surface area contributed by atoms with Crippen molar-refractivity contribution < 1.29 is 4.74 Å². The van der Waals surface area contributed by atoms with Crippen molar-refractivity contribution in [3.8, 4) is 6.07 Å². The molecule has 1 aromatic rings. The van der Waals surface area contributed by atoms with Crippen molar-refractivity contribution in [3.05, 3.63) is 23.0 Å². The number of ether oxygens (including phenoxy) is 1. The second-order valence-corrected chi connectivity index (χ2v) is 5.13. The van der Waals surface area contributed by atoms with E-state index in [9.17, 15) is 0 Å². The summed E-state index contributed by atoms with van der Waals surface area (Å²) in [6, 6.07) is 4.12. The molecule has 0 aliphatic rings. The van der Waals surface area contributed by atoms with Gasteiger partial charge in [0.05, 0.1) is 16.9 Å². The van der Waals surface area contributed by atoms with E-state index >= 15 is 0 Å². The van der Waals surface area contributed by atoms with Crippen molar-refractivity contribution in [3.63, 3.8) is 0 Å². The molecule has 1 heterocycles. The van der Waals surface area contributed by atoms with Crippen molar-refractivity contribution in [1.82, 2.24) is 4.98 Å². The number of anilines is 1. The predicted molar refractivity (Wildman–Crippen MR) is 77.2 cm³/mol. The van der Waals surface area contributed by atoms with Crippen LogP contribution in [0.25, 0.3) is 0 Å². The number of hydrogen-bond acceptors (Lipinski definition) is 4. The summed E-state index contributed by atoms with van der Waals surface area (Å²) >= 11 is 0. The highest BCUT2D eigenvalue weighted by molar-refractivity contribution is 5.59. The van der Waals surface area contributed by atoms with Gasteiger partial charge in [0.2, 0.25) is 0 Å². The Kier molecular flexibility index (Phi) is 6.31. The Balaban J connectivity index is 2.43. The molecule has 0 spiro atoms. The molecule has 0 amide bonds. The topological polar surface area (TPSA) is 57.9 Å². The smallest absolute Gasteiger partial charge is 0.103 e. The molecule has 104 valence electrons. The zero-order valence-corrected chi connectivity index (χ0v) is 12.3. The van der Waals surface area contributed by atoms with Crippen LogP contribution in [0.2, 0.25) is 0 Å². The third-order valence-electron chi connectivity index (χ3n) is 2.67. The lowest BCUT2D eigenvalue weighted by Gasteiger charge is -2.11. The van der Waals surface area contributed by atoms with E-state index in [-0.39, 0.29) is 0 Å². The standard InChI is InChI=1S/C15H23N3O/c1-11(2)10-19-7-5-6-17-15-8-12(3)18-13(4)14(15)9-16/h8,11H,5-7,10H2,1-4H3,(H,17,18). The first-order valence-corrected chi connectivity index (χ1v) is 6.74. The van der Waals surface area contributed by atoms with Gasteiger partial charge in [-0.05, 0) is 32.3 Å². The van der Waals surface area contributed by atoms with Gasteiger partial charge in [0.1, 0.15) is 6.07 Å². The summed E-state index contributed by atoms with van der Waals surface area (Å²) in [5.41, 5.74) is 3.21. The monoisotopic (exact) mass is 261 g/mol. The van der Waals surface area contributed by atoms with Crippen LogP contribution >= 0.6 is 0 Å². The van der Waals surface area contributed by atoms with Crippen molar-refractivity contribution in [2.75, 3.05) is 25.1 Å². The highest BCUT2D eigenvalue weighted by Crippen LogP contribution is 2.18. The second kappa shape index (κ2) is 7.75. The van der Waals surface area contributed by atoms with E-state index < -0.39 is 0 Å². The van der Waals surface area contributed by atoms with Crippen LogP contribution < -0.4 is 5.32 Å². The number of hydrogen-bond donors (Lipinski definition) is 1. The van der Waals surface area contributed by atoms with Crippen molar-refractivity contribution in [2.45, 2.75) is 34.1 Å². The first-order valence-electron chi connectivity index (χ1n) is 6.74. The number of pyridine rings is 1. The minimum absolute atomic E-state index is 0.573. The molecule has 1 aromatic heterocycles. The van der Waals surface area contributed by atoms with E-state index in [2.05, 4.69) is 30.2 Å². The molecule has 0 aliphatic heterocycles. The summed E-state index contributed by atoms with van der Waals surface area (Å²) in [7, 11) is 0. The maximum absolute atomic E-state index is 9.14. The van der Waals surface area contributed by atoms with Crippen LogP contribution in [0.4, 0.5) is 5.69 Å². The average Bonchev–Trinajstić information content (AvgIpc) is 2.32. The van der Waals surface area contributed by atoms with Crippen molar-refractivity contribution in [2.24, 2.45) is 5.92 Å². The van der Waals surface area contributed by atoms with Gasteiger partial charge in [0.15, 0.2) is 0 Å². The first-order chi connectivity index (χ1) is 9.04. The molecule has 1 N–H and O–H groups in total. The normalized spacial score (nSPS) is 10.5. The molecule has 4 nitrogen and oxygen atoms in total. The molecule has 0 radical (unpaired) electrons. The zero-order chi connectivity index (χ0) is 14.3. The lowest BCUT2D eigenvalue weighted by Crippen LogP contribution is -2.10. The largest absolute Gasteiger partial charge is 0.384 e. The van der Waals surface area contributed by atoms with E-state index in [0.29, 0.717) is 11.5 Å². The van der Waals surface area contributed by atoms with Gasteiger partial charge in [0.25, 0.3) is 0 Å². The number of nitrogens with zero attached hydrogens (tertiary/aromatic N) is 2. The van der Waals surface area contributed by atoms with Crippen LogP contribution in [0.5, 0.6) is 0 Å². The van der Waals surface area contributed by atoms with E-state index in [1.165, 1.54) is 0 Å².